The summed E-state index contributed by atoms with van der Waals surface area (Å²) in [6.45, 7) is 6.28. The standard InChI is InChI=1S/C15H21BrN2O/c1-3-15(4-2)6-9-18(10-7-15)14(19)12-5-8-17-13(16)11-12/h5,8,11H,3-4,6-7,9-10H2,1-2H3. The van der Waals surface area contributed by atoms with E-state index in [2.05, 4.69) is 34.8 Å². The smallest absolute Gasteiger partial charge is 0.254 e. The summed E-state index contributed by atoms with van der Waals surface area (Å²) in [7, 11) is 0. The molecule has 2 rings (SSSR count). The summed E-state index contributed by atoms with van der Waals surface area (Å²) >= 11 is 3.31. The molecule has 104 valence electrons. The zero-order chi connectivity index (χ0) is 13.9. The average Bonchev–Trinajstić information content (AvgIpc) is 2.46. The summed E-state index contributed by atoms with van der Waals surface area (Å²) in [4.78, 5) is 18.5. The van der Waals surface area contributed by atoms with E-state index in [9.17, 15) is 4.79 Å². The molecule has 0 atom stereocenters. The molecular formula is C15H21BrN2O. The van der Waals surface area contributed by atoms with E-state index in [4.69, 9.17) is 0 Å². The molecule has 1 fully saturated rings. The third-order valence-corrected chi connectivity index (χ3v) is 5.02. The van der Waals surface area contributed by atoms with E-state index >= 15 is 0 Å². The normalized spacial score (nSPS) is 18.4. The van der Waals surface area contributed by atoms with Gasteiger partial charge in [-0.3, -0.25) is 4.79 Å². The number of carbonyl (C=O) groups is 1. The van der Waals surface area contributed by atoms with Crippen LogP contribution >= 0.6 is 15.9 Å². The van der Waals surface area contributed by atoms with Crippen LogP contribution in [-0.4, -0.2) is 28.9 Å². The molecule has 0 N–H and O–H groups in total. The van der Waals surface area contributed by atoms with Crippen molar-refractivity contribution >= 4 is 21.8 Å². The lowest BCUT2D eigenvalue weighted by Crippen LogP contribution is -2.42. The van der Waals surface area contributed by atoms with Crippen molar-refractivity contribution in [2.24, 2.45) is 5.41 Å². The van der Waals surface area contributed by atoms with Crippen molar-refractivity contribution < 1.29 is 4.79 Å². The molecule has 3 nitrogen and oxygen atoms in total. The van der Waals surface area contributed by atoms with Gasteiger partial charge < -0.3 is 4.90 Å². The summed E-state index contributed by atoms with van der Waals surface area (Å²) in [5, 5.41) is 0. The second kappa shape index (κ2) is 6.04. The van der Waals surface area contributed by atoms with Gasteiger partial charge in [0.1, 0.15) is 4.60 Å². The molecule has 1 saturated heterocycles. The molecule has 4 heteroatoms. The number of hydrogen-bond acceptors (Lipinski definition) is 2. The summed E-state index contributed by atoms with van der Waals surface area (Å²) in [6.07, 6.45) is 6.35. The molecule has 0 aliphatic carbocycles. The number of aromatic nitrogens is 1. The fourth-order valence-electron chi connectivity index (χ4n) is 2.86. The zero-order valence-corrected chi connectivity index (χ0v) is 13.2. The summed E-state index contributed by atoms with van der Waals surface area (Å²) in [6, 6.07) is 3.58. The van der Waals surface area contributed by atoms with Gasteiger partial charge in [0.05, 0.1) is 0 Å². The number of carbonyl (C=O) groups excluding carboxylic acids is 1. The Morgan fingerprint density at radius 2 is 2.00 bits per heavy atom. The molecule has 1 aromatic rings. The summed E-state index contributed by atoms with van der Waals surface area (Å²) < 4.78 is 0.715. The topological polar surface area (TPSA) is 33.2 Å². The Bertz CT molecular complexity index is 447. The third kappa shape index (κ3) is 3.16. The van der Waals surface area contributed by atoms with Gasteiger partial charge in [-0.05, 0) is 46.3 Å². The molecule has 19 heavy (non-hydrogen) atoms. The van der Waals surface area contributed by atoms with Crippen LogP contribution in [-0.2, 0) is 0 Å². The lowest BCUT2D eigenvalue weighted by atomic mass is 9.74. The van der Waals surface area contributed by atoms with Crippen LogP contribution in [0.4, 0.5) is 0 Å². The number of amides is 1. The van der Waals surface area contributed by atoms with Crippen LogP contribution in [0.1, 0.15) is 49.9 Å². The number of piperidine rings is 1. The van der Waals surface area contributed by atoms with Crippen molar-refractivity contribution in [3.63, 3.8) is 0 Å². The molecule has 0 saturated carbocycles. The van der Waals surface area contributed by atoms with Crippen LogP contribution in [0, 0.1) is 5.41 Å². The lowest BCUT2D eigenvalue weighted by Gasteiger charge is -2.41. The molecule has 1 aliphatic heterocycles. The Balaban J connectivity index is 2.04. The van der Waals surface area contributed by atoms with Crippen LogP contribution in [0.15, 0.2) is 22.9 Å². The SMILES string of the molecule is CCC1(CC)CCN(C(=O)c2ccnc(Br)c2)CC1. The van der Waals surface area contributed by atoms with E-state index in [1.807, 2.05) is 4.90 Å². The van der Waals surface area contributed by atoms with Gasteiger partial charge in [-0.1, -0.05) is 26.7 Å². The maximum Gasteiger partial charge on any atom is 0.254 e. The minimum absolute atomic E-state index is 0.129. The van der Waals surface area contributed by atoms with Crippen molar-refractivity contribution in [1.82, 2.24) is 9.88 Å². The van der Waals surface area contributed by atoms with E-state index in [0.717, 1.165) is 31.5 Å². The van der Waals surface area contributed by atoms with Crippen LogP contribution in [0.25, 0.3) is 0 Å². The molecule has 0 spiro atoms. The summed E-state index contributed by atoms with van der Waals surface area (Å²) in [5.74, 6) is 0.129. The van der Waals surface area contributed by atoms with Crippen LogP contribution in [0.3, 0.4) is 0 Å². The first-order valence-corrected chi connectivity index (χ1v) is 7.80. The molecule has 2 heterocycles. The zero-order valence-electron chi connectivity index (χ0n) is 11.7. The van der Waals surface area contributed by atoms with E-state index in [-0.39, 0.29) is 5.91 Å². The molecule has 0 aromatic carbocycles. The van der Waals surface area contributed by atoms with Gasteiger partial charge in [0.2, 0.25) is 0 Å². The number of likely N-dealkylation sites (tertiary alicyclic amines) is 1. The minimum Gasteiger partial charge on any atom is -0.339 e. The first-order valence-electron chi connectivity index (χ1n) is 7.01. The molecular weight excluding hydrogens is 304 g/mol. The largest absolute Gasteiger partial charge is 0.339 e. The Morgan fingerprint density at radius 1 is 1.37 bits per heavy atom. The number of pyridine rings is 1. The van der Waals surface area contributed by atoms with Gasteiger partial charge in [-0.2, -0.15) is 0 Å². The van der Waals surface area contributed by atoms with Gasteiger partial charge in [0.25, 0.3) is 5.91 Å². The van der Waals surface area contributed by atoms with Gasteiger partial charge in [0, 0.05) is 24.8 Å². The number of nitrogens with zero attached hydrogens (tertiary/aromatic N) is 2. The highest BCUT2D eigenvalue weighted by Gasteiger charge is 2.33. The van der Waals surface area contributed by atoms with E-state index in [1.54, 1.807) is 18.3 Å². The molecule has 0 unspecified atom stereocenters. The predicted molar refractivity (Wildman–Crippen MR) is 80.1 cm³/mol. The maximum atomic E-state index is 12.4. The molecule has 0 bridgehead atoms. The van der Waals surface area contributed by atoms with Gasteiger partial charge in [-0.15, -0.1) is 0 Å². The molecule has 1 amide bonds. The van der Waals surface area contributed by atoms with Crippen LogP contribution in [0.5, 0.6) is 0 Å². The first-order chi connectivity index (χ1) is 9.10. The number of halogens is 1. The quantitative estimate of drug-likeness (QED) is 0.790. The Labute approximate surface area is 123 Å². The lowest BCUT2D eigenvalue weighted by molar-refractivity contribution is 0.0557. The summed E-state index contributed by atoms with van der Waals surface area (Å²) in [5.41, 5.74) is 1.18. The second-order valence-corrected chi connectivity index (χ2v) is 6.18. The minimum atomic E-state index is 0.129. The maximum absolute atomic E-state index is 12.4. The Morgan fingerprint density at radius 3 is 2.53 bits per heavy atom. The van der Waals surface area contributed by atoms with Crippen molar-refractivity contribution in [3.8, 4) is 0 Å². The molecule has 1 aliphatic rings. The van der Waals surface area contributed by atoms with E-state index in [1.165, 1.54) is 12.8 Å². The fraction of sp³-hybridized carbons (Fsp3) is 0.600. The van der Waals surface area contributed by atoms with Crippen LogP contribution < -0.4 is 0 Å². The second-order valence-electron chi connectivity index (χ2n) is 5.37. The van der Waals surface area contributed by atoms with Crippen molar-refractivity contribution in [2.45, 2.75) is 39.5 Å². The average molecular weight is 325 g/mol. The Hall–Kier alpha value is -0.900. The first kappa shape index (κ1) is 14.5. The third-order valence-electron chi connectivity index (χ3n) is 4.58. The molecule has 0 radical (unpaired) electrons. The van der Waals surface area contributed by atoms with Crippen LogP contribution in [0.2, 0.25) is 0 Å². The number of hydrogen-bond donors (Lipinski definition) is 0. The molecule has 1 aromatic heterocycles. The van der Waals surface area contributed by atoms with E-state index in [0.29, 0.717) is 10.0 Å². The monoisotopic (exact) mass is 324 g/mol. The predicted octanol–water partition coefficient (Wildman–Crippen LogP) is 3.89. The van der Waals surface area contributed by atoms with Gasteiger partial charge in [0.15, 0.2) is 0 Å². The fourth-order valence-corrected chi connectivity index (χ4v) is 3.22. The van der Waals surface area contributed by atoms with Crippen molar-refractivity contribution in [1.29, 1.82) is 0 Å². The van der Waals surface area contributed by atoms with Crippen molar-refractivity contribution in [3.05, 3.63) is 28.5 Å². The van der Waals surface area contributed by atoms with E-state index < -0.39 is 0 Å². The number of rotatable bonds is 3. The Kier molecular flexibility index (Phi) is 4.61. The van der Waals surface area contributed by atoms with Crippen molar-refractivity contribution in [2.75, 3.05) is 13.1 Å². The highest BCUT2D eigenvalue weighted by atomic mass is 79.9. The van der Waals surface area contributed by atoms with Gasteiger partial charge in [-0.25, -0.2) is 4.98 Å². The van der Waals surface area contributed by atoms with Gasteiger partial charge >= 0.3 is 0 Å². The highest BCUT2D eigenvalue weighted by Crippen LogP contribution is 2.38. The highest BCUT2D eigenvalue weighted by molar-refractivity contribution is 9.10.